The fourth-order valence-corrected chi connectivity index (χ4v) is 2.81. The van der Waals surface area contributed by atoms with Crippen molar-refractivity contribution in [2.75, 3.05) is 12.8 Å². The summed E-state index contributed by atoms with van der Waals surface area (Å²) in [6.07, 6.45) is 0.525. The maximum Gasteiger partial charge on any atom is 0.356 e. The van der Waals surface area contributed by atoms with Crippen molar-refractivity contribution in [1.29, 1.82) is 0 Å². The molecule has 0 radical (unpaired) electrons. The molecule has 3 aromatic rings. The zero-order valence-corrected chi connectivity index (χ0v) is 16.4. The summed E-state index contributed by atoms with van der Waals surface area (Å²) in [4.78, 5) is 20.7. The molecule has 7 nitrogen and oxygen atoms in total. The number of benzene rings is 1. The Kier molecular flexibility index (Phi) is 6.65. The monoisotopic (exact) mass is 367 g/mol. The average molecular weight is 367 g/mol. The summed E-state index contributed by atoms with van der Waals surface area (Å²) in [7, 11) is 3.07. The molecule has 0 aliphatic heterocycles. The number of aryl methyl sites for hydroxylation is 2. The molecule has 1 aromatic carbocycles. The van der Waals surface area contributed by atoms with Crippen molar-refractivity contribution in [2.45, 2.75) is 27.2 Å². The summed E-state index contributed by atoms with van der Waals surface area (Å²) in [5, 5.41) is 4.50. The number of esters is 1. The number of carbonyl (C=O) groups excluding carboxylic acids is 1. The molecule has 0 unspecified atom stereocenters. The topological polar surface area (TPSA) is 95.9 Å². The first-order valence-corrected chi connectivity index (χ1v) is 8.79. The maximum absolute atomic E-state index is 12.3. The van der Waals surface area contributed by atoms with Crippen LogP contribution in [-0.2, 0) is 18.2 Å². The van der Waals surface area contributed by atoms with Gasteiger partial charge < -0.3 is 10.5 Å². The number of aromatic nitrogens is 4. The van der Waals surface area contributed by atoms with E-state index >= 15 is 0 Å². The van der Waals surface area contributed by atoms with Crippen LogP contribution >= 0.6 is 0 Å². The first-order chi connectivity index (χ1) is 13.0. The van der Waals surface area contributed by atoms with E-state index in [0.717, 1.165) is 16.8 Å². The van der Waals surface area contributed by atoms with Crippen LogP contribution in [0.2, 0.25) is 0 Å². The molecular weight excluding hydrogens is 342 g/mol. The Morgan fingerprint density at radius 1 is 1.19 bits per heavy atom. The zero-order chi connectivity index (χ0) is 20.0. The number of anilines is 1. The largest absolute Gasteiger partial charge is 0.464 e. The van der Waals surface area contributed by atoms with Crippen molar-refractivity contribution in [3.8, 4) is 11.4 Å². The lowest BCUT2D eigenvalue weighted by molar-refractivity contribution is 0.0587. The van der Waals surface area contributed by atoms with Crippen molar-refractivity contribution in [3.63, 3.8) is 0 Å². The van der Waals surface area contributed by atoms with Crippen molar-refractivity contribution in [3.05, 3.63) is 58.9 Å². The van der Waals surface area contributed by atoms with Crippen LogP contribution in [0.1, 0.15) is 41.2 Å². The van der Waals surface area contributed by atoms with E-state index in [4.69, 9.17) is 10.5 Å². The van der Waals surface area contributed by atoms with Gasteiger partial charge in [-0.25, -0.2) is 14.8 Å². The normalized spacial score (nSPS) is 10.1. The highest BCUT2D eigenvalue weighted by atomic mass is 16.5. The van der Waals surface area contributed by atoms with Crippen molar-refractivity contribution < 1.29 is 9.53 Å². The molecule has 2 N–H and O–H groups in total. The van der Waals surface area contributed by atoms with Gasteiger partial charge in [-0.15, -0.1) is 0 Å². The summed E-state index contributed by atoms with van der Waals surface area (Å²) < 4.78 is 6.46. The van der Waals surface area contributed by atoms with Crippen molar-refractivity contribution in [1.82, 2.24) is 19.7 Å². The number of hydrogen-bond acceptors (Lipinski definition) is 6. The second-order valence-electron chi connectivity index (χ2n) is 5.71. The number of rotatable bonds is 4. The Balaban J connectivity index is 0.00000126. The third-order valence-electron chi connectivity index (χ3n) is 3.86. The number of hydrogen-bond donors (Lipinski definition) is 1. The smallest absolute Gasteiger partial charge is 0.356 e. The van der Waals surface area contributed by atoms with Crippen LogP contribution < -0.4 is 5.73 Å². The van der Waals surface area contributed by atoms with Crippen LogP contribution in [0.15, 0.2) is 36.4 Å². The minimum absolute atomic E-state index is 0.172. The Labute approximate surface area is 159 Å². The first-order valence-electron chi connectivity index (χ1n) is 8.79. The van der Waals surface area contributed by atoms with E-state index in [1.807, 2.05) is 51.1 Å². The number of nitrogen functional groups attached to an aromatic ring is 1. The van der Waals surface area contributed by atoms with E-state index in [9.17, 15) is 4.79 Å². The maximum atomic E-state index is 12.3. The van der Waals surface area contributed by atoms with Gasteiger partial charge in [-0.1, -0.05) is 44.2 Å². The molecule has 0 aliphatic rings. The average Bonchev–Trinajstić information content (AvgIpc) is 2.99. The molecule has 0 spiro atoms. The van der Waals surface area contributed by atoms with Gasteiger partial charge >= 0.3 is 5.97 Å². The Hall–Kier alpha value is -3.22. The second kappa shape index (κ2) is 8.93. The molecule has 0 amide bonds. The van der Waals surface area contributed by atoms with E-state index in [-0.39, 0.29) is 5.95 Å². The lowest BCUT2D eigenvalue weighted by atomic mass is 10.0. The molecule has 142 valence electrons. The van der Waals surface area contributed by atoms with Crippen LogP contribution in [0.4, 0.5) is 5.95 Å². The fraction of sp³-hybridized carbons (Fsp3) is 0.300. The molecule has 2 heterocycles. The molecule has 0 fully saturated rings. The summed E-state index contributed by atoms with van der Waals surface area (Å²) in [5.74, 6) is -0.267. The third kappa shape index (κ3) is 4.49. The fourth-order valence-electron chi connectivity index (χ4n) is 2.81. The summed E-state index contributed by atoms with van der Waals surface area (Å²) in [6.45, 7) is 5.84. The predicted octanol–water partition coefficient (Wildman–Crippen LogP) is 3.17. The van der Waals surface area contributed by atoms with E-state index in [0.29, 0.717) is 23.5 Å². The van der Waals surface area contributed by atoms with Crippen LogP contribution in [0.5, 0.6) is 0 Å². The predicted molar refractivity (Wildman–Crippen MR) is 105 cm³/mol. The Morgan fingerprint density at radius 2 is 1.85 bits per heavy atom. The zero-order valence-electron chi connectivity index (χ0n) is 16.4. The molecule has 0 saturated heterocycles. The minimum Gasteiger partial charge on any atom is -0.464 e. The van der Waals surface area contributed by atoms with Gasteiger partial charge in [0.25, 0.3) is 0 Å². The standard InChI is InChI=1S/C18H19N5O2.C2H6/c1-11-9-14(21-18(19)20-11)15-13(10-12-7-5-4-6-8-12)16(17(24)25-3)23(2)22-15;1-2/h4-9H,10H2,1-3H3,(H2,19,20,21);1-2H3. The Bertz CT molecular complexity index is 899. The van der Waals surface area contributed by atoms with E-state index in [1.165, 1.54) is 11.8 Å². The van der Waals surface area contributed by atoms with Crippen molar-refractivity contribution >= 4 is 11.9 Å². The lowest BCUT2D eigenvalue weighted by Crippen LogP contribution is -2.11. The van der Waals surface area contributed by atoms with E-state index < -0.39 is 5.97 Å². The molecule has 2 aromatic heterocycles. The molecule has 0 aliphatic carbocycles. The number of ether oxygens (including phenoxy) is 1. The SMILES string of the molecule is CC.COC(=O)c1c(Cc2ccccc2)c(-c2cc(C)nc(N)n2)nn1C. The van der Waals surface area contributed by atoms with E-state index in [1.54, 1.807) is 13.1 Å². The van der Waals surface area contributed by atoms with Gasteiger partial charge in [0.2, 0.25) is 5.95 Å². The van der Waals surface area contributed by atoms with Crippen LogP contribution in [0, 0.1) is 6.92 Å². The summed E-state index contributed by atoms with van der Waals surface area (Å²) in [6, 6.07) is 11.7. The second-order valence-corrected chi connectivity index (χ2v) is 5.71. The van der Waals surface area contributed by atoms with Gasteiger partial charge in [-0.05, 0) is 18.6 Å². The molecule has 3 rings (SSSR count). The number of carbonyl (C=O) groups is 1. The highest BCUT2D eigenvalue weighted by Crippen LogP contribution is 2.27. The molecule has 27 heavy (non-hydrogen) atoms. The highest BCUT2D eigenvalue weighted by molar-refractivity contribution is 5.91. The number of nitrogens with two attached hydrogens (primary N) is 1. The van der Waals surface area contributed by atoms with Crippen LogP contribution in [0.3, 0.4) is 0 Å². The number of methoxy groups -OCH3 is 1. The summed E-state index contributed by atoms with van der Waals surface area (Å²) >= 11 is 0. The molecular formula is C20H25N5O2. The van der Waals surface area contributed by atoms with Gasteiger partial charge in [0.1, 0.15) is 11.4 Å². The van der Waals surface area contributed by atoms with Crippen LogP contribution in [0.25, 0.3) is 11.4 Å². The van der Waals surface area contributed by atoms with Gasteiger partial charge in [-0.2, -0.15) is 5.10 Å². The van der Waals surface area contributed by atoms with Crippen LogP contribution in [-0.4, -0.2) is 32.8 Å². The molecule has 0 atom stereocenters. The van der Waals surface area contributed by atoms with Gasteiger partial charge in [0.15, 0.2) is 0 Å². The quantitative estimate of drug-likeness (QED) is 0.712. The first kappa shape index (κ1) is 20.1. The molecule has 7 heteroatoms. The molecule has 0 bridgehead atoms. The van der Waals surface area contributed by atoms with E-state index in [2.05, 4.69) is 15.1 Å². The van der Waals surface area contributed by atoms with Gasteiger partial charge in [-0.3, -0.25) is 4.68 Å². The Morgan fingerprint density at radius 3 is 2.44 bits per heavy atom. The highest BCUT2D eigenvalue weighted by Gasteiger charge is 2.24. The third-order valence-corrected chi connectivity index (χ3v) is 3.86. The minimum atomic E-state index is -0.439. The van der Waals surface area contributed by atoms with Gasteiger partial charge in [0, 0.05) is 24.7 Å². The summed E-state index contributed by atoms with van der Waals surface area (Å²) in [5.41, 5.74) is 9.91. The van der Waals surface area contributed by atoms with Crippen molar-refractivity contribution in [2.24, 2.45) is 7.05 Å². The van der Waals surface area contributed by atoms with Gasteiger partial charge in [0.05, 0.1) is 12.8 Å². The lowest BCUT2D eigenvalue weighted by Gasteiger charge is -2.07. The molecule has 0 saturated carbocycles. The number of nitrogens with zero attached hydrogens (tertiary/aromatic N) is 4.